The highest BCUT2D eigenvalue weighted by atomic mass is 79.9. The maximum absolute atomic E-state index is 11.7. The number of unbranched alkanes of at least 4 members (excludes halogenated alkanes) is 7. The third-order valence-corrected chi connectivity index (χ3v) is 5.29. The van der Waals surface area contributed by atoms with Gasteiger partial charge >= 0.3 is 5.97 Å². The Bertz CT molecular complexity index is 456. The van der Waals surface area contributed by atoms with E-state index in [0.717, 1.165) is 37.4 Å². The molecule has 2 nitrogen and oxygen atoms in total. The molecule has 0 aromatic heterocycles. The molecule has 26 heavy (non-hydrogen) atoms. The molecule has 0 heterocycles. The molecular weight excluding hydrogens is 388 g/mol. The smallest absolute Gasteiger partial charge is 0.305 e. The van der Waals surface area contributed by atoms with Crippen LogP contribution in [0.5, 0.6) is 0 Å². The van der Waals surface area contributed by atoms with Crippen LogP contribution >= 0.6 is 15.9 Å². The minimum Gasteiger partial charge on any atom is -0.466 e. The van der Waals surface area contributed by atoms with Crippen molar-refractivity contribution in [1.82, 2.24) is 0 Å². The van der Waals surface area contributed by atoms with E-state index in [1.54, 1.807) is 0 Å². The highest BCUT2D eigenvalue weighted by molar-refractivity contribution is 9.09. The van der Waals surface area contributed by atoms with Crippen molar-refractivity contribution in [3.63, 3.8) is 0 Å². The SMILES string of the molecule is CCCCCc1ccc(CCCCOC(=O)CCCCCCCBr)cc1. The Balaban J connectivity index is 2.00. The molecule has 0 atom stereocenters. The molecule has 0 bridgehead atoms. The average molecular weight is 425 g/mol. The van der Waals surface area contributed by atoms with Gasteiger partial charge < -0.3 is 4.74 Å². The lowest BCUT2D eigenvalue weighted by Crippen LogP contribution is -2.06. The first-order valence-electron chi connectivity index (χ1n) is 10.6. The number of aryl methyl sites for hydroxylation is 2. The number of ether oxygens (including phenoxy) is 1. The Hall–Kier alpha value is -0.830. The summed E-state index contributed by atoms with van der Waals surface area (Å²) >= 11 is 3.44. The topological polar surface area (TPSA) is 26.3 Å². The molecule has 0 N–H and O–H groups in total. The van der Waals surface area contributed by atoms with Gasteiger partial charge in [-0.25, -0.2) is 0 Å². The number of esters is 1. The zero-order chi connectivity index (χ0) is 18.9. The summed E-state index contributed by atoms with van der Waals surface area (Å²) in [6.07, 6.45) is 14.6. The van der Waals surface area contributed by atoms with Gasteiger partial charge in [-0.1, -0.05) is 79.2 Å². The van der Waals surface area contributed by atoms with Gasteiger partial charge in [0.05, 0.1) is 6.61 Å². The van der Waals surface area contributed by atoms with Crippen LogP contribution in [0.1, 0.15) is 88.7 Å². The van der Waals surface area contributed by atoms with E-state index in [1.807, 2.05) is 0 Å². The second-order valence-corrected chi connectivity index (χ2v) is 7.95. The summed E-state index contributed by atoms with van der Waals surface area (Å²) in [7, 11) is 0. The number of halogens is 1. The van der Waals surface area contributed by atoms with Gasteiger partial charge in [0.1, 0.15) is 0 Å². The Morgan fingerprint density at radius 1 is 0.808 bits per heavy atom. The molecule has 1 aromatic carbocycles. The molecule has 0 unspecified atom stereocenters. The van der Waals surface area contributed by atoms with E-state index in [0.29, 0.717) is 13.0 Å². The number of rotatable bonds is 16. The second-order valence-electron chi connectivity index (χ2n) is 7.16. The second kappa shape index (κ2) is 16.4. The summed E-state index contributed by atoms with van der Waals surface area (Å²) in [5, 5.41) is 1.08. The van der Waals surface area contributed by atoms with Gasteiger partial charge in [0.25, 0.3) is 0 Å². The lowest BCUT2D eigenvalue weighted by molar-refractivity contribution is -0.143. The van der Waals surface area contributed by atoms with Gasteiger partial charge in [-0.15, -0.1) is 0 Å². The number of hydrogen-bond acceptors (Lipinski definition) is 2. The Kier molecular flexibility index (Phi) is 14.6. The fourth-order valence-corrected chi connectivity index (χ4v) is 3.43. The van der Waals surface area contributed by atoms with Crippen molar-refractivity contribution < 1.29 is 9.53 Å². The highest BCUT2D eigenvalue weighted by Crippen LogP contribution is 2.11. The van der Waals surface area contributed by atoms with Crippen LogP contribution in [0.4, 0.5) is 0 Å². The van der Waals surface area contributed by atoms with Crippen molar-refractivity contribution in [3.8, 4) is 0 Å². The predicted octanol–water partition coefficient (Wildman–Crippen LogP) is 7.02. The number of carbonyl (C=O) groups is 1. The first kappa shape index (κ1) is 23.2. The van der Waals surface area contributed by atoms with Crippen molar-refractivity contribution >= 4 is 21.9 Å². The maximum Gasteiger partial charge on any atom is 0.305 e. The maximum atomic E-state index is 11.7. The van der Waals surface area contributed by atoms with E-state index in [9.17, 15) is 4.79 Å². The van der Waals surface area contributed by atoms with Crippen LogP contribution in [0.25, 0.3) is 0 Å². The number of carbonyl (C=O) groups excluding carboxylic acids is 1. The number of hydrogen-bond donors (Lipinski definition) is 0. The molecule has 0 radical (unpaired) electrons. The van der Waals surface area contributed by atoms with Crippen LogP contribution in [0, 0.1) is 0 Å². The summed E-state index contributed by atoms with van der Waals surface area (Å²) in [6.45, 7) is 2.81. The molecule has 0 saturated heterocycles. The van der Waals surface area contributed by atoms with Crippen LogP contribution in [0.2, 0.25) is 0 Å². The quantitative estimate of drug-likeness (QED) is 0.162. The largest absolute Gasteiger partial charge is 0.466 e. The fourth-order valence-electron chi connectivity index (χ4n) is 3.04. The van der Waals surface area contributed by atoms with Gasteiger partial charge in [-0.05, 0) is 56.1 Å². The third kappa shape index (κ3) is 12.5. The van der Waals surface area contributed by atoms with Gasteiger partial charge in [0.2, 0.25) is 0 Å². The van der Waals surface area contributed by atoms with Crippen molar-refractivity contribution in [2.75, 3.05) is 11.9 Å². The van der Waals surface area contributed by atoms with Crippen LogP contribution in [0.15, 0.2) is 24.3 Å². The summed E-state index contributed by atoms with van der Waals surface area (Å²) in [6, 6.07) is 9.04. The van der Waals surface area contributed by atoms with Crippen LogP contribution in [-0.4, -0.2) is 17.9 Å². The molecule has 0 aliphatic carbocycles. The molecule has 3 heteroatoms. The molecule has 0 aliphatic heterocycles. The summed E-state index contributed by atoms with van der Waals surface area (Å²) < 4.78 is 5.34. The zero-order valence-corrected chi connectivity index (χ0v) is 18.2. The van der Waals surface area contributed by atoms with Gasteiger partial charge in [0.15, 0.2) is 0 Å². The molecule has 0 aliphatic rings. The van der Waals surface area contributed by atoms with Crippen molar-refractivity contribution in [3.05, 3.63) is 35.4 Å². The van der Waals surface area contributed by atoms with Crippen LogP contribution in [-0.2, 0) is 22.4 Å². The molecule has 1 aromatic rings. The number of alkyl halides is 1. The summed E-state index contributed by atoms with van der Waals surface area (Å²) in [5.74, 6) is -0.0260. The highest BCUT2D eigenvalue weighted by Gasteiger charge is 2.03. The minimum absolute atomic E-state index is 0.0260. The van der Waals surface area contributed by atoms with E-state index in [4.69, 9.17) is 4.74 Å². The molecule has 0 spiro atoms. The van der Waals surface area contributed by atoms with E-state index in [-0.39, 0.29) is 5.97 Å². The molecule has 1 rings (SSSR count). The first-order chi connectivity index (χ1) is 12.8. The number of benzene rings is 1. The standard InChI is InChI=1S/C23H37BrO2/c1-2-3-7-12-21-15-17-22(18-16-21)13-9-11-20-26-23(25)14-8-5-4-6-10-19-24/h15-18H,2-14,19-20H2,1H3. The minimum atomic E-state index is -0.0260. The molecule has 0 fully saturated rings. The third-order valence-electron chi connectivity index (χ3n) is 4.73. The Labute approximate surface area is 169 Å². The molecular formula is C23H37BrO2. The van der Waals surface area contributed by atoms with E-state index in [2.05, 4.69) is 47.1 Å². The van der Waals surface area contributed by atoms with Crippen molar-refractivity contribution in [1.29, 1.82) is 0 Å². The van der Waals surface area contributed by atoms with E-state index in [1.165, 1.54) is 56.1 Å². The zero-order valence-electron chi connectivity index (χ0n) is 16.6. The van der Waals surface area contributed by atoms with E-state index < -0.39 is 0 Å². The average Bonchev–Trinajstić information content (AvgIpc) is 2.65. The summed E-state index contributed by atoms with van der Waals surface area (Å²) in [5.41, 5.74) is 2.84. The molecule has 0 saturated carbocycles. The lowest BCUT2D eigenvalue weighted by atomic mass is 10.0. The molecule has 148 valence electrons. The predicted molar refractivity (Wildman–Crippen MR) is 115 cm³/mol. The summed E-state index contributed by atoms with van der Waals surface area (Å²) in [4.78, 5) is 11.7. The first-order valence-corrected chi connectivity index (χ1v) is 11.7. The van der Waals surface area contributed by atoms with Gasteiger partial charge in [0, 0.05) is 11.8 Å². The Morgan fingerprint density at radius 2 is 1.38 bits per heavy atom. The molecule has 0 amide bonds. The Morgan fingerprint density at radius 3 is 2.00 bits per heavy atom. The van der Waals surface area contributed by atoms with Gasteiger partial charge in [-0.3, -0.25) is 4.79 Å². The van der Waals surface area contributed by atoms with Crippen molar-refractivity contribution in [2.24, 2.45) is 0 Å². The van der Waals surface area contributed by atoms with E-state index >= 15 is 0 Å². The lowest BCUT2D eigenvalue weighted by Gasteiger charge is -2.06. The normalized spacial score (nSPS) is 10.8. The van der Waals surface area contributed by atoms with Crippen LogP contribution in [0.3, 0.4) is 0 Å². The van der Waals surface area contributed by atoms with Crippen LogP contribution < -0.4 is 0 Å². The monoisotopic (exact) mass is 424 g/mol. The van der Waals surface area contributed by atoms with Gasteiger partial charge in [-0.2, -0.15) is 0 Å². The fraction of sp³-hybridized carbons (Fsp3) is 0.696. The van der Waals surface area contributed by atoms with Crippen molar-refractivity contribution in [2.45, 2.75) is 90.4 Å².